The predicted octanol–water partition coefficient (Wildman–Crippen LogP) is 3.53. The van der Waals surface area contributed by atoms with Crippen LogP contribution in [0.3, 0.4) is 0 Å². The van der Waals surface area contributed by atoms with Crippen LogP contribution < -0.4 is 0 Å². The van der Waals surface area contributed by atoms with Crippen molar-refractivity contribution in [1.29, 1.82) is 0 Å². The summed E-state index contributed by atoms with van der Waals surface area (Å²) in [5.74, 6) is 1.87. The number of hydrogen-bond acceptors (Lipinski definition) is 5. The molecule has 2 heterocycles. The van der Waals surface area contributed by atoms with Crippen LogP contribution in [-0.4, -0.2) is 15.2 Å². The summed E-state index contributed by atoms with van der Waals surface area (Å²) in [5, 5.41) is 9.97. The number of pyridine rings is 1. The maximum Gasteiger partial charge on any atom is 0.226 e. The quantitative estimate of drug-likeness (QED) is 0.682. The first kappa shape index (κ1) is 12.2. The third-order valence-electron chi connectivity index (χ3n) is 2.81. The largest absolute Gasteiger partial charge is 0.425 e. The molecule has 0 saturated heterocycles. The van der Waals surface area contributed by atoms with E-state index in [-0.39, 0.29) is 0 Å². The molecular weight excluding hydrogens is 258 g/mol. The number of nitrogens with zero attached hydrogens (tertiary/aromatic N) is 3. The summed E-state index contributed by atoms with van der Waals surface area (Å²) in [6.45, 7) is 3.89. The normalized spacial score (nSPS) is 11.1. The Morgan fingerprint density at radius 3 is 2.79 bits per heavy atom. The lowest BCUT2D eigenvalue weighted by molar-refractivity contribution is 0.485. The van der Waals surface area contributed by atoms with Gasteiger partial charge in [0.05, 0.1) is 16.3 Å². The molecule has 0 fully saturated rings. The molecule has 0 amide bonds. The molecule has 2 aromatic heterocycles. The van der Waals surface area contributed by atoms with E-state index in [1.54, 1.807) is 18.7 Å². The smallest absolute Gasteiger partial charge is 0.226 e. The zero-order chi connectivity index (χ0) is 13.2. The third-order valence-corrected chi connectivity index (χ3v) is 3.71. The molecule has 1 aromatic carbocycles. The Labute approximate surface area is 115 Å². The Hall–Kier alpha value is -1.88. The second-order valence-electron chi connectivity index (χ2n) is 4.30. The molecule has 0 atom stereocenters. The molecule has 0 aliphatic heterocycles. The number of thioether (sulfide) groups is 1. The van der Waals surface area contributed by atoms with E-state index in [1.165, 1.54) is 10.9 Å². The minimum Gasteiger partial charge on any atom is -0.425 e. The van der Waals surface area contributed by atoms with E-state index >= 15 is 0 Å². The average Bonchev–Trinajstić information content (AvgIpc) is 2.82. The molecule has 0 unspecified atom stereocenters. The molecule has 0 aliphatic rings. The van der Waals surface area contributed by atoms with Crippen LogP contribution >= 0.6 is 11.8 Å². The Bertz CT molecular complexity index is 724. The summed E-state index contributed by atoms with van der Waals surface area (Å²) < 4.78 is 5.35. The molecule has 0 bridgehead atoms. The molecule has 3 rings (SSSR count). The van der Waals surface area contributed by atoms with Gasteiger partial charge in [-0.1, -0.05) is 30.0 Å². The van der Waals surface area contributed by atoms with E-state index in [0.29, 0.717) is 17.5 Å². The zero-order valence-electron chi connectivity index (χ0n) is 10.8. The van der Waals surface area contributed by atoms with Gasteiger partial charge in [-0.2, -0.15) is 0 Å². The number of hydrogen-bond donors (Lipinski definition) is 0. The monoisotopic (exact) mass is 271 g/mol. The topological polar surface area (TPSA) is 51.8 Å². The molecule has 96 valence electrons. The molecule has 0 aliphatic carbocycles. The molecule has 0 N–H and O–H groups in total. The van der Waals surface area contributed by atoms with Crippen molar-refractivity contribution in [2.75, 3.05) is 0 Å². The summed E-state index contributed by atoms with van der Waals surface area (Å²) in [6.07, 6.45) is 0. The van der Waals surface area contributed by atoms with E-state index in [4.69, 9.17) is 4.42 Å². The minimum absolute atomic E-state index is 0.596. The second-order valence-corrected chi connectivity index (χ2v) is 5.29. The van der Waals surface area contributed by atoms with E-state index in [9.17, 15) is 0 Å². The van der Waals surface area contributed by atoms with Gasteiger partial charge in [-0.05, 0) is 24.6 Å². The van der Waals surface area contributed by atoms with Crippen molar-refractivity contribution < 1.29 is 4.42 Å². The van der Waals surface area contributed by atoms with E-state index in [2.05, 4.69) is 34.2 Å². The maximum absolute atomic E-state index is 5.35. The fourth-order valence-electron chi connectivity index (χ4n) is 1.92. The number of benzene rings is 1. The fourth-order valence-corrected chi connectivity index (χ4v) is 2.74. The van der Waals surface area contributed by atoms with E-state index in [0.717, 1.165) is 10.5 Å². The van der Waals surface area contributed by atoms with Crippen molar-refractivity contribution >= 4 is 22.7 Å². The fraction of sp³-hybridized carbons (Fsp3) is 0.214. The zero-order valence-corrected chi connectivity index (χ0v) is 11.6. The van der Waals surface area contributed by atoms with Gasteiger partial charge >= 0.3 is 0 Å². The molecule has 3 aromatic rings. The predicted molar refractivity (Wildman–Crippen MR) is 75.1 cm³/mol. The van der Waals surface area contributed by atoms with Crippen LogP contribution in [-0.2, 0) is 5.75 Å². The Balaban J connectivity index is 1.85. The van der Waals surface area contributed by atoms with E-state index in [1.807, 2.05) is 18.2 Å². The highest BCUT2D eigenvalue weighted by Crippen LogP contribution is 2.25. The maximum atomic E-state index is 5.35. The van der Waals surface area contributed by atoms with Crippen LogP contribution in [0.1, 0.15) is 17.3 Å². The number of rotatable bonds is 3. The van der Waals surface area contributed by atoms with Crippen LogP contribution in [0.15, 0.2) is 39.8 Å². The molecule has 5 heteroatoms. The number of para-hydroxylation sites is 1. The van der Waals surface area contributed by atoms with E-state index < -0.39 is 0 Å². The molecule has 4 nitrogen and oxygen atoms in total. The van der Waals surface area contributed by atoms with Gasteiger partial charge in [0.1, 0.15) is 0 Å². The summed E-state index contributed by atoms with van der Waals surface area (Å²) in [7, 11) is 0. The van der Waals surface area contributed by atoms with Gasteiger partial charge in [0.15, 0.2) is 0 Å². The highest BCUT2D eigenvalue weighted by Gasteiger charge is 2.06. The highest BCUT2D eigenvalue weighted by atomic mass is 32.2. The third kappa shape index (κ3) is 2.61. The first-order chi connectivity index (χ1) is 9.22. The van der Waals surface area contributed by atoms with Gasteiger partial charge in [0.2, 0.25) is 11.8 Å². The van der Waals surface area contributed by atoms with Gasteiger partial charge < -0.3 is 4.42 Å². The summed E-state index contributed by atoms with van der Waals surface area (Å²) in [5.41, 5.74) is 2.25. The van der Waals surface area contributed by atoms with Crippen molar-refractivity contribution in [3.8, 4) is 0 Å². The number of aryl methyl sites for hydroxylation is 2. The molecule has 19 heavy (non-hydrogen) atoms. The van der Waals surface area contributed by atoms with Gasteiger partial charge in [-0.3, -0.25) is 0 Å². The van der Waals surface area contributed by atoms with Gasteiger partial charge in [-0.15, -0.1) is 10.2 Å². The van der Waals surface area contributed by atoms with Gasteiger partial charge in [0.25, 0.3) is 0 Å². The Morgan fingerprint density at radius 1 is 1.16 bits per heavy atom. The summed E-state index contributed by atoms with van der Waals surface area (Å²) >= 11 is 1.61. The van der Waals surface area contributed by atoms with Crippen molar-refractivity contribution in [2.45, 2.75) is 24.6 Å². The number of fused-ring (bicyclic) bond motifs is 1. The lowest BCUT2D eigenvalue weighted by Crippen LogP contribution is -1.88. The minimum atomic E-state index is 0.596. The number of aromatic nitrogens is 3. The van der Waals surface area contributed by atoms with Gasteiger partial charge in [-0.25, -0.2) is 4.98 Å². The Morgan fingerprint density at radius 2 is 2.00 bits per heavy atom. The van der Waals surface area contributed by atoms with Crippen molar-refractivity contribution in [3.63, 3.8) is 0 Å². The average molecular weight is 271 g/mol. The molecule has 0 saturated carbocycles. The second kappa shape index (κ2) is 5.01. The molecule has 0 radical (unpaired) electrons. The van der Waals surface area contributed by atoms with Crippen LogP contribution in [0, 0.1) is 13.8 Å². The van der Waals surface area contributed by atoms with Crippen LogP contribution in [0.4, 0.5) is 0 Å². The lowest BCUT2D eigenvalue weighted by Gasteiger charge is -2.04. The lowest BCUT2D eigenvalue weighted by atomic mass is 10.1. The summed E-state index contributed by atoms with van der Waals surface area (Å²) in [6, 6.07) is 10.3. The van der Waals surface area contributed by atoms with Crippen molar-refractivity contribution in [1.82, 2.24) is 15.2 Å². The standard InChI is InChI=1S/C14H13N3OS/c1-9-7-14(15-12-6-4-3-5-11(9)12)19-8-13-17-16-10(2)18-13/h3-7H,8H2,1-2H3. The molecule has 0 spiro atoms. The highest BCUT2D eigenvalue weighted by molar-refractivity contribution is 7.98. The molecular formula is C14H13N3OS. The van der Waals surface area contributed by atoms with Gasteiger partial charge in [0, 0.05) is 12.3 Å². The van der Waals surface area contributed by atoms with Crippen molar-refractivity contribution in [3.05, 3.63) is 47.7 Å². The first-order valence-corrected chi connectivity index (χ1v) is 6.99. The van der Waals surface area contributed by atoms with Crippen LogP contribution in [0.2, 0.25) is 0 Å². The van der Waals surface area contributed by atoms with Crippen molar-refractivity contribution in [2.24, 2.45) is 0 Å². The van der Waals surface area contributed by atoms with Crippen LogP contribution in [0.5, 0.6) is 0 Å². The van der Waals surface area contributed by atoms with Crippen LogP contribution in [0.25, 0.3) is 10.9 Å². The first-order valence-electron chi connectivity index (χ1n) is 6.00. The summed E-state index contributed by atoms with van der Waals surface area (Å²) in [4.78, 5) is 4.63. The Kier molecular flexibility index (Phi) is 3.21. The SMILES string of the molecule is Cc1nnc(CSc2cc(C)c3ccccc3n2)o1.